The van der Waals surface area contributed by atoms with Crippen molar-refractivity contribution in [3.63, 3.8) is 0 Å². The van der Waals surface area contributed by atoms with Crippen LogP contribution in [0.5, 0.6) is 0 Å². The Labute approximate surface area is 79.7 Å². The van der Waals surface area contributed by atoms with Gasteiger partial charge in [0.25, 0.3) is 0 Å². The van der Waals surface area contributed by atoms with Crippen molar-refractivity contribution in [3.8, 4) is 0 Å². The van der Waals surface area contributed by atoms with Gasteiger partial charge in [-0.05, 0) is 0 Å². The van der Waals surface area contributed by atoms with Crippen LogP contribution in [0.3, 0.4) is 0 Å². The molecule has 0 saturated heterocycles. The molecule has 0 heterocycles. The van der Waals surface area contributed by atoms with Crippen LogP contribution in [0.15, 0.2) is 0 Å². The minimum atomic E-state index is -1.42. The molecule has 0 aliphatic carbocycles. The number of hydrogen-bond acceptors (Lipinski definition) is 5. The zero-order valence-electron chi connectivity index (χ0n) is 5.78. The Bertz CT molecular complexity index is 226. The summed E-state index contributed by atoms with van der Waals surface area (Å²) < 4.78 is 13.9. The Morgan fingerprint density at radius 1 is 1.33 bits per heavy atom. The number of Topliss-reactive ketones (excluding diaryl/α,β-unsaturated/α-hetero) is 1. The van der Waals surface area contributed by atoms with Crippen LogP contribution in [-0.4, -0.2) is 23.6 Å². The number of ketones is 1. The predicted octanol–water partition coefficient (Wildman–Crippen LogP) is -0.290. The molecule has 0 aliphatic heterocycles. The quantitative estimate of drug-likeness (QED) is 0.287. The molecule has 0 radical (unpaired) electrons. The van der Waals surface area contributed by atoms with E-state index in [9.17, 15) is 18.1 Å². The second-order valence-corrected chi connectivity index (χ2v) is 2.77. The van der Waals surface area contributed by atoms with Gasteiger partial charge in [0.2, 0.25) is 0 Å². The molecule has 0 amide bonds. The van der Waals surface area contributed by atoms with E-state index in [1.807, 2.05) is 0 Å². The number of hydrogen-bond donors (Lipinski definition) is 0. The third-order valence-electron chi connectivity index (χ3n) is 0.751. The van der Waals surface area contributed by atoms with Gasteiger partial charge in [-0.3, -0.25) is 0 Å². The van der Waals surface area contributed by atoms with Gasteiger partial charge in [-0.1, -0.05) is 0 Å². The van der Waals surface area contributed by atoms with Gasteiger partial charge in [-0.15, -0.1) is 0 Å². The molecule has 0 aromatic heterocycles. The molecule has 0 aliphatic rings. The second-order valence-electron chi connectivity index (χ2n) is 1.61. The van der Waals surface area contributed by atoms with Crippen LogP contribution in [0.2, 0.25) is 5.13 Å². The number of ether oxygens (including phenoxy) is 1. The van der Waals surface area contributed by atoms with Crippen LogP contribution in [0, 0.1) is 0 Å². The number of alkyl halides is 1. The van der Waals surface area contributed by atoms with Gasteiger partial charge in [-0.2, -0.15) is 0 Å². The van der Waals surface area contributed by atoms with Crippen LogP contribution in [-0.2, 0) is 39.0 Å². The standard InChI is InChI=1S/C5H4ClO4.O.V/c1-3(7)5(9)10-4(8)2-6;;/h1-2H2;;. The SMILES string of the molecule is [O]=[V][CH2]C(=O)C(=O)OC(=O)CCl. The van der Waals surface area contributed by atoms with Gasteiger partial charge < -0.3 is 0 Å². The number of carbonyl (C=O) groups excluding carboxylic acids is 3. The molecule has 0 saturated carbocycles. The van der Waals surface area contributed by atoms with Gasteiger partial charge >= 0.3 is 79.4 Å². The average molecular weight is 230 g/mol. The van der Waals surface area contributed by atoms with Crippen LogP contribution in [0.4, 0.5) is 0 Å². The molecule has 0 bridgehead atoms. The fraction of sp³-hybridized carbons (Fsp3) is 0.400. The Morgan fingerprint density at radius 3 is 2.33 bits per heavy atom. The Hall–Kier alpha value is -0.516. The van der Waals surface area contributed by atoms with Crippen molar-refractivity contribution in [3.05, 3.63) is 0 Å². The summed E-state index contributed by atoms with van der Waals surface area (Å²) >= 11 is 3.57. The third-order valence-corrected chi connectivity index (χ3v) is 1.62. The Morgan fingerprint density at radius 2 is 1.92 bits per heavy atom. The van der Waals surface area contributed by atoms with Crippen LogP contribution >= 0.6 is 11.6 Å². The van der Waals surface area contributed by atoms with Crippen LogP contribution in [0.25, 0.3) is 0 Å². The summed E-state index contributed by atoms with van der Waals surface area (Å²) in [6.07, 6.45) is 0. The van der Waals surface area contributed by atoms with E-state index in [2.05, 4.69) is 4.74 Å². The van der Waals surface area contributed by atoms with Crippen LogP contribution in [0.1, 0.15) is 0 Å². The van der Waals surface area contributed by atoms with Gasteiger partial charge in [-0.25, -0.2) is 0 Å². The molecule has 0 aromatic carbocycles. The molecule has 0 N–H and O–H groups in total. The zero-order chi connectivity index (χ0) is 9.56. The Kier molecular flexibility index (Phi) is 5.79. The summed E-state index contributed by atoms with van der Waals surface area (Å²) in [6, 6.07) is 0. The molecule has 0 spiro atoms. The second kappa shape index (κ2) is 6.05. The van der Waals surface area contributed by atoms with Crippen LogP contribution < -0.4 is 0 Å². The molecule has 66 valence electrons. The third kappa shape index (κ3) is 4.38. The molecule has 12 heavy (non-hydrogen) atoms. The van der Waals surface area contributed by atoms with E-state index in [1.165, 1.54) is 0 Å². The first-order chi connectivity index (χ1) is 5.61. The molecule has 0 atom stereocenters. The van der Waals surface area contributed by atoms with E-state index < -0.39 is 39.8 Å². The van der Waals surface area contributed by atoms with E-state index in [0.717, 1.165) is 0 Å². The van der Waals surface area contributed by atoms with Gasteiger partial charge in [0.1, 0.15) is 0 Å². The summed E-state index contributed by atoms with van der Waals surface area (Å²) in [5, 5.41) is -0.370. The van der Waals surface area contributed by atoms with E-state index in [0.29, 0.717) is 0 Å². The van der Waals surface area contributed by atoms with Gasteiger partial charge in [0.15, 0.2) is 0 Å². The minimum absolute atomic E-state index is 0.370. The molecule has 0 aromatic rings. The number of rotatable bonds is 4. The molecule has 0 fully saturated rings. The van der Waals surface area contributed by atoms with Crippen molar-refractivity contribution < 1.29 is 39.0 Å². The molecule has 5 nitrogen and oxygen atoms in total. The summed E-state index contributed by atoms with van der Waals surface area (Å²) in [5.74, 6) is -3.75. The summed E-state index contributed by atoms with van der Waals surface area (Å²) in [7, 11) is 0. The van der Waals surface area contributed by atoms with Crippen molar-refractivity contribution in [1.82, 2.24) is 0 Å². The maximum atomic E-state index is 10.5. The van der Waals surface area contributed by atoms with Crippen molar-refractivity contribution in [2.75, 3.05) is 5.88 Å². The summed E-state index contributed by atoms with van der Waals surface area (Å²) in [4.78, 5) is 31.4. The normalized spacial score (nSPS) is 8.75. The number of esters is 2. The predicted molar refractivity (Wildman–Crippen MR) is 32.3 cm³/mol. The monoisotopic (exact) mass is 230 g/mol. The fourth-order valence-electron chi connectivity index (χ4n) is 0.311. The van der Waals surface area contributed by atoms with E-state index >= 15 is 0 Å². The van der Waals surface area contributed by atoms with E-state index in [-0.39, 0.29) is 5.13 Å². The number of carbonyl (C=O) groups is 3. The number of halogens is 1. The first-order valence-electron chi connectivity index (χ1n) is 2.74. The Balaban J connectivity index is 3.95. The van der Waals surface area contributed by atoms with E-state index in [4.69, 9.17) is 11.6 Å². The molecule has 0 rings (SSSR count). The molecular formula is C5H4ClO5V. The first kappa shape index (κ1) is 11.5. The van der Waals surface area contributed by atoms with Gasteiger partial charge in [0, 0.05) is 0 Å². The van der Waals surface area contributed by atoms with Gasteiger partial charge in [0.05, 0.1) is 0 Å². The van der Waals surface area contributed by atoms with Crippen molar-refractivity contribution in [2.24, 2.45) is 0 Å². The molecule has 7 heteroatoms. The summed E-state index contributed by atoms with van der Waals surface area (Å²) in [6.45, 7) is 0. The first-order valence-corrected chi connectivity index (χ1v) is 4.84. The van der Waals surface area contributed by atoms with Crippen molar-refractivity contribution >= 4 is 29.3 Å². The molecule has 0 unspecified atom stereocenters. The fourth-order valence-corrected chi connectivity index (χ4v) is 0.750. The zero-order valence-corrected chi connectivity index (χ0v) is 7.93. The van der Waals surface area contributed by atoms with E-state index in [1.54, 1.807) is 0 Å². The average Bonchev–Trinajstić information content (AvgIpc) is 2.04. The van der Waals surface area contributed by atoms with Crippen molar-refractivity contribution in [1.29, 1.82) is 0 Å². The summed E-state index contributed by atoms with van der Waals surface area (Å²) in [5.41, 5.74) is 0. The maximum absolute atomic E-state index is 10.5. The van der Waals surface area contributed by atoms with Crippen molar-refractivity contribution in [2.45, 2.75) is 5.13 Å². The topological polar surface area (TPSA) is 77.5 Å². The molecular weight excluding hydrogens is 226 g/mol.